The van der Waals surface area contributed by atoms with Crippen molar-refractivity contribution >= 4 is 17.7 Å². The third kappa shape index (κ3) is 5.73. The van der Waals surface area contributed by atoms with Crippen LogP contribution >= 0.6 is 11.8 Å². The minimum Gasteiger partial charge on any atom is -0.354 e. The van der Waals surface area contributed by atoms with E-state index in [1.807, 2.05) is 35.2 Å². The van der Waals surface area contributed by atoms with Gasteiger partial charge < -0.3 is 15.6 Å². The van der Waals surface area contributed by atoms with Crippen LogP contribution in [0.25, 0.3) is 0 Å². The van der Waals surface area contributed by atoms with Crippen LogP contribution < -0.4 is 11.1 Å². The molecule has 1 heterocycles. The number of nitrogens with zero attached hydrogens (tertiary/aromatic N) is 2. The van der Waals surface area contributed by atoms with Gasteiger partial charge in [-0.05, 0) is 11.8 Å². The minimum atomic E-state index is -0.566. The standard InChI is InChI=1S/C17H24N4OS/c1-13(23-2)9-19-17(22)16(18)8-15-11-21(12-20-15)10-14-6-4-3-5-7-14/h3-7,11-13,16H,8-10,18H2,1-2H3,(H,19,22)/t13?,16-/m0/s1. The number of aromatic nitrogens is 2. The molecule has 0 saturated carbocycles. The Hall–Kier alpha value is -1.79. The van der Waals surface area contributed by atoms with Gasteiger partial charge in [-0.1, -0.05) is 37.3 Å². The molecule has 6 heteroatoms. The lowest BCUT2D eigenvalue weighted by Crippen LogP contribution is -2.43. The SMILES string of the molecule is CSC(C)CNC(=O)[C@@H](N)Cc1cn(Cc2ccccc2)cn1. The van der Waals surface area contributed by atoms with Crippen molar-refractivity contribution in [2.45, 2.75) is 31.2 Å². The second kappa shape index (κ2) is 8.74. The van der Waals surface area contributed by atoms with Crippen molar-refractivity contribution in [2.24, 2.45) is 5.73 Å². The summed E-state index contributed by atoms with van der Waals surface area (Å²) in [5, 5.41) is 3.27. The Morgan fingerprint density at radius 2 is 2.13 bits per heavy atom. The Balaban J connectivity index is 1.84. The molecule has 1 aromatic heterocycles. The summed E-state index contributed by atoms with van der Waals surface area (Å²) in [4.78, 5) is 16.3. The monoisotopic (exact) mass is 332 g/mol. The molecule has 0 spiro atoms. The zero-order valence-corrected chi connectivity index (χ0v) is 14.4. The van der Waals surface area contributed by atoms with Crippen LogP contribution in [-0.4, -0.2) is 39.6 Å². The van der Waals surface area contributed by atoms with Gasteiger partial charge in [-0.25, -0.2) is 4.98 Å². The minimum absolute atomic E-state index is 0.122. The molecule has 0 aliphatic carbocycles. The highest BCUT2D eigenvalue weighted by Crippen LogP contribution is 2.06. The maximum absolute atomic E-state index is 12.0. The fourth-order valence-corrected chi connectivity index (χ4v) is 2.42. The number of imidazole rings is 1. The fraction of sp³-hybridized carbons (Fsp3) is 0.412. The first-order valence-corrected chi connectivity index (χ1v) is 8.98. The number of nitrogens with two attached hydrogens (primary N) is 1. The van der Waals surface area contributed by atoms with Gasteiger partial charge in [-0.2, -0.15) is 11.8 Å². The fourth-order valence-electron chi connectivity index (χ4n) is 2.17. The van der Waals surface area contributed by atoms with Crippen LogP contribution in [0.1, 0.15) is 18.2 Å². The molecule has 23 heavy (non-hydrogen) atoms. The normalized spacial score (nSPS) is 13.5. The Bertz CT molecular complexity index is 614. The molecule has 0 saturated heterocycles. The number of carbonyl (C=O) groups is 1. The van der Waals surface area contributed by atoms with Crippen LogP contribution in [0.4, 0.5) is 0 Å². The summed E-state index contributed by atoms with van der Waals surface area (Å²) in [6.07, 6.45) is 6.20. The van der Waals surface area contributed by atoms with E-state index in [9.17, 15) is 4.79 Å². The van der Waals surface area contributed by atoms with Gasteiger partial charge in [0.05, 0.1) is 18.1 Å². The van der Waals surface area contributed by atoms with Crippen molar-refractivity contribution in [1.82, 2.24) is 14.9 Å². The van der Waals surface area contributed by atoms with Gasteiger partial charge in [0.25, 0.3) is 0 Å². The van der Waals surface area contributed by atoms with Gasteiger partial charge in [0.2, 0.25) is 5.91 Å². The van der Waals surface area contributed by atoms with Crippen LogP contribution in [0, 0.1) is 0 Å². The Labute approximate surface area is 141 Å². The molecule has 3 N–H and O–H groups in total. The molecule has 0 aliphatic heterocycles. The topological polar surface area (TPSA) is 72.9 Å². The van der Waals surface area contributed by atoms with Gasteiger partial charge >= 0.3 is 0 Å². The van der Waals surface area contributed by atoms with Gasteiger partial charge in [0, 0.05) is 31.0 Å². The number of thioether (sulfide) groups is 1. The largest absolute Gasteiger partial charge is 0.354 e. The first kappa shape index (κ1) is 17.6. The van der Waals surface area contributed by atoms with E-state index in [0.717, 1.165) is 12.2 Å². The predicted molar refractivity (Wildman–Crippen MR) is 95.4 cm³/mol. The number of benzene rings is 1. The number of nitrogens with one attached hydrogen (secondary N) is 1. The number of amides is 1. The zero-order chi connectivity index (χ0) is 16.7. The van der Waals surface area contributed by atoms with Crippen LogP contribution in [0.3, 0.4) is 0 Å². The number of carbonyl (C=O) groups excluding carboxylic acids is 1. The smallest absolute Gasteiger partial charge is 0.237 e. The van der Waals surface area contributed by atoms with Crippen LogP contribution in [0.2, 0.25) is 0 Å². The molecule has 0 bridgehead atoms. The van der Waals surface area contributed by atoms with E-state index in [-0.39, 0.29) is 5.91 Å². The van der Waals surface area contributed by atoms with Gasteiger partial charge in [-0.15, -0.1) is 0 Å². The summed E-state index contributed by atoms with van der Waals surface area (Å²) < 4.78 is 2.01. The molecule has 2 aromatic rings. The molecule has 2 rings (SSSR count). The molecule has 0 aliphatic rings. The summed E-state index contributed by atoms with van der Waals surface area (Å²) >= 11 is 1.72. The Morgan fingerprint density at radius 3 is 2.83 bits per heavy atom. The first-order chi connectivity index (χ1) is 11.1. The summed E-state index contributed by atoms with van der Waals surface area (Å²) in [6.45, 7) is 3.47. The molecule has 124 valence electrons. The van der Waals surface area contributed by atoms with E-state index >= 15 is 0 Å². The maximum Gasteiger partial charge on any atom is 0.237 e. The van der Waals surface area contributed by atoms with Crippen LogP contribution in [-0.2, 0) is 17.8 Å². The molecule has 1 amide bonds. The number of hydrogen-bond acceptors (Lipinski definition) is 4. The van der Waals surface area contributed by atoms with Gasteiger partial charge in [0.1, 0.15) is 0 Å². The third-order valence-electron chi connectivity index (χ3n) is 3.63. The van der Waals surface area contributed by atoms with Crippen molar-refractivity contribution in [3.63, 3.8) is 0 Å². The molecular formula is C17H24N4OS. The van der Waals surface area contributed by atoms with Gasteiger partial charge in [0.15, 0.2) is 0 Å². The van der Waals surface area contributed by atoms with E-state index in [2.05, 4.69) is 29.4 Å². The summed E-state index contributed by atoms with van der Waals surface area (Å²) in [6, 6.07) is 9.62. The quantitative estimate of drug-likeness (QED) is 0.771. The second-order valence-corrected chi connectivity index (χ2v) is 6.90. The third-order valence-corrected chi connectivity index (χ3v) is 4.60. The van der Waals surface area contributed by atoms with Gasteiger partial charge in [-0.3, -0.25) is 4.79 Å². The van der Waals surface area contributed by atoms with Crippen molar-refractivity contribution < 1.29 is 4.79 Å². The number of hydrogen-bond donors (Lipinski definition) is 2. The van der Waals surface area contributed by atoms with E-state index < -0.39 is 6.04 Å². The summed E-state index contributed by atoms with van der Waals surface area (Å²) in [7, 11) is 0. The van der Waals surface area contributed by atoms with Crippen LogP contribution in [0.5, 0.6) is 0 Å². The Kier molecular flexibility index (Phi) is 6.67. The van der Waals surface area contributed by atoms with Crippen molar-refractivity contribution in [1.29, 1.82) is 0 Å². The van der Waals surface area contributed by atoms with E-state index in [1.165, 1.54) is 5.56 Å². The average molecular weight is 332 g/mol. The zero-order valence-electron chi connectivity index (χ0n) is 13.6. The average Bonchev–Trinajstić information content (AvgIpc) is 3.00. The highest BCUT2D eigenvalue weighted by Gasteiger charge is 2.16. The summed E-state index contributed by atoms with van der Waals surface area (Å²) in [5.41, 5.74) is 8.02. The number of rotatable bonds is 8. The molecule has 5 nitrogen and oxygen atoms in total. The molecule has 1 unspecified atom stereocenters. The molecule has 1 aromatic carbocycles. The van der Waals surface area contributed by atoms with Crippen molar-refractivity contribution in [3.8, 4) is 0 Å². The Morgan fingerprint density at radius 1 is 1.39 bits per heavy atom. The first-order valence-electron chi connectivity index (χ1n) is 7.69. The highest BCUT2D eigenvalue weighted by molar-refractivity contribution is 7.99. The lowest BCUT2D eigenvalue weighted by molar-refractivity contribution is -0.122. The predicted octanol–water partition coefficient (Wildman–Crippen LogP) is 1.67. The maximum atomic E-state index is 12.0. The van der Waals surface area contributed by atoms with Crippen molar-refractivity contribution in [2.75, 3.05) is 12.8 Å². The van der Waals surface area contributed by atoms with Crippen LogP contribution in [0.15, 0.2) is 42.9 Å². The van der Waals surface area contributed by atoms with E-state index in [1.54, 1.807) is 18.1 Å². The lowest BCUT2D eigenvalue weighted by Gasteiger charge is -2.13. The highest BCUT2D eigenvalue weighted by atomic mass is 32.2. The summed E-state index contributed by atoms with van der Waals surface area (Å²) in [5.74, 6) is -0.122. The molecule has 2 atom stereocenters. The lowest BCUT2D eigenvalue weighted by atomic mass is 10.1. The molecular weight excluding hydrogens is 308 g/mol. The molecule has 0 fully saturated rings. The molecule has 0 radical (unpaired) electrons. The van der Waals surface area contributed by atoms with E-state index in [4.69, 9.17) is 5.73 Å². The van der Waals surface area contributed by atoms with E-state index in [0.29, 0.717) is 18.2 Å². The van der Waals surface area contributed by atoms with Crippen molar-refractivity contribution in [3.05, 3.63) is 54.1 Å². The second-order valence-electron chi connectivity index (χ2n) is 5.63.